The fourth-order valence-corrected chi connectivity index (χ4v) is 4.05. The fourth-order valence-electron chi connectivity index (χ4n) is 2.98. The van der Waals surface area contributed by atoms with Gasteiger partial charge in [0, 0.05) is 10.9 Å². The van der Waals surface area contributed by atoms with Crippen molar-refractivity contribution in [2.75, 3.05) is 0 Å². The quantitative estimate of drug-likeness (QED) is 0.499. The minimum Gasteiger partial charge on any atom is -0.272 e. The van der Waals surface area contributed by atoms with Gasteiger partial charge in [-0.05, 0) is 23.8 Å². The third-order valence-corrected chi connectivity index (χ3v) is 5.70. The molecule has 0 bridgehead atoms. The number of hydrogen-bond acceptors (Lipinski definition) is 4. The summed E-state index contributed by atoms with van der Waals surface area (Å²) in [7, 11) is -3.99. The topological polar surface area (TPSA) is 88.2 Å². The van der Waals surface area contributed by atoms with Gasteiger partial charge < -0.3 is 0 Å². The van der Waals surface area contributed by atoms with Gasteiger partial charge in [0.1, 0.15) is 5.69 Å². The number of aromatic nitrogens is 1. The molecule has 0 atom stereocenters. The van der Waals surface area contributed by atoms with E-state index in [2.05, 4.69) is 15.2 Å². The van der Waals surface area contributed by atoms with Crippen LogP contribution in [0.3, 0.4) is 0 Å². The van der Waals surface area contributed by atoms with Crippen LogP contribution in [0, 0.1) is 0 Å². The Morgan fingerprint density at radius 1 is 0.759 bits per heavy atom. The van der Waals surface area contributed by atoms with Crippen LogP contribution >= 0.6 is 0 Å². The maximum absolute atomic E-state index is 12.8. The average molecular weight is 403 g/mol. The van der Waals surface area contributed by atoms with Crippen LogP contribution in [-0.4, -0.2) is 19.3 Å². The molecule has 0 radical (unpaired) electrons. The highest BCUT2D eigenvalue weighted by Gasteiger charge is 2.20. The van der Waals surface area contributed by atoms with Crippen molar-refractivity contribution in [2.45, 2.75) is 4.90 Å². The first-order chi connectivity index (χ1) is 14.0. The van der Waals surface area contributed by atoms with E-state index >= 15 is 0 Å². The molecule has 1 amide bonds. The molecule has 4 rings (SSSR count). The van der Waals surface area contributed by atoms with Gasteiger partial charge in [-0.3, -0.25) is 10.2 Å². The molecule has 6 nitrogen and oxygen atoms in total. The first kappa shape index (κ1) is 18.8. The third kappa shape index (κ3) is 4.01. The average Bonchev–Trinajstić information content (AvgIpc) is 2.78. The summed E-state index contributed by atoms with van der Waals surface area (Å²) in [5.41, 5.74) is 4.31. The van der Waals surface area contributed by atoms with E-state index in [-0.39, 0.29) is 10.6 Å². The van der Waals surface area contributed by atoms with Crippen molar-refractivity contribution in [3.63, 3.8) is 0 Å². The van der Waals surface area contributed by atoms with Crippen molar-refractivity contribution in [3.8, 4) is 11.1 Å². The van der Waals surface area contributed by atoms with Gasteiger partial charge in [-0.25, -0.2) is 13.4 Å². The molecule has 0 unspecified atom stereocenters. The zero-order valence-electron chi connectivity index (χ0n) is 15.2. The van der Waals surface area contributed by atoms with Gasteiger partial charge in [0.05, 0.1) is 10.4 Å². The van der Waals surface area contributed by atoms with E-state index in [4.69, 9.17) is 0 Å². The first-order valence-corrected chi connectivity index (χ1v) is 10.4. The van der Waals surface area contributed by atoms with Crippen molar-refractivity contribution < 1.29 is 13.2 Å². The Labute approximate surface area is 168 Å². The molecule has 1 heterocycles. The highest BCUT2D eigenvalue weighted by atomic mass is 32.2. The maximum Gasteiger partial charge on any atom is 0.284 e. The van der Waals surface area contributed by atoms with E-state index in [1.54, 1.807) is 36.4 Å². The number of para-hydroxylation sites is 1. The van der Waals surface area contributed by atoms with Crippen LogP contribution in [0.4, 0.5) is 0 Å². The molecule has 3 aromatic carbocycles. The lowest BCUT2D eigenvalue weighted by Gasteiger charge is -2.12. The Morgan fingerprint density at radius 3 is 2.28 bits per heavy atom. The molecular formula is C22H17N3O3S. The second kappa shape index (κ2) is 7.83. The van der Waals surface area contributed by atoms with Crippen LogP contribution in [0.25, 0.3) is 22.0 Å². The molecule has 29 heavy (non-hydrogen) atoms. The number of sulfonamides is 1. The normalized spacial score (nSPS) is 11.3. The summed E-state index contributed by atoms with van der Waals surface area (Å²) in [5, 5.41) is 0.890. The molecule has 7 heteroatoms. The van der Waals surface area contributed by atoms with Crippen molar-refractivity contribution in [3.05, 3.63) is 96.7 Å². The standard InChI is InChI=1S/C22H17N3O3S/c26-22(20-15-14-17-10-4-6-12-19(17)23-20)24-25-29(27,28)21-13-7-5-11-18(21)16-8-2-1-3-9-16/h1-15,25H,(H,24,26). The lowest BCUT2D eigenvalue weighted by molar-refractivity contribution is 0.0940. The third-order valence-electron chi connectivity index (χ3n) is 4.39. The summed E-state index contributed by atoms with van der Waals surface area (Å²) in [5.74, 6) is -0.642. The highest BCUT2D eigenvalue weighted by Crippen LogP contribution is 2.26. The number of benzene rings is 3. The van der Waals surface area contributed by atoms with Crippen LogP contribution in [0.1, 0.15) is 10.5 Å². The van der Waals surface area contributed by atoms with E-state index in [9.17, 15) is 13.2 Å². The van der Waals surface area contributed by atoms with E-state index in [0.29, 0.717) is 11.1 Å². The van der Waals surface area contributed by atoms with Crippen LogP contribution in [0.2, 0.25) is 0 Å². The molecule has 0 saturated carbocycles. The molecule has 0 aliphatic carbocycles. The van der Waals surface area contributed by atoms with Crippen molar-refractivity contribution >= 4 is 26.8 Å². The molecule has 2 N–H and O–H groups in total. The van der Waals surface area contributed by atoms with Gasteiger partial charge in [0.2, 0.25) is 0 Å². The van der Waals surface area contributed by atoms with Crippen molar-refractivity contribution in [2.24, 2.45) is 0 Å². The number of nitrogens with one attached hydrogen (secondary N) is 2. The molecule has 0 aliphatic rings. The van der Waals surface area contributed by atoms with Gasteiger partial charge in [-0.2, -0.15) is 0 Å². The second-order valence-electron chi connectivity index (χ2n) is 6.31. The molecule has 0 saturated heterocycles. The van der Waals surface area contributed by atoms with Gasteiger partial charge in [0.25, 0.3) is 15.9 Å². The van der Waals surface area contributed by atoms with E-state index in [1.165, 1.54) is 6.07 Å². The number of amides is 1. The summed E-state index contributed by atoms with van der Waals surface area (Å²) in [6.07, 6.45) is 0. The first-order valence-electron chi connectivity index (χ1n) is 8.87. The highest BCUT2D eigenvalue weighted by molar-refractivity contribution is 7.89. The summed E-state index contributed by atoms with van der Waals surface area (Å²) in [6.45, 7) is 0. The molecule has 0 fully saturated rings. The van der Waals surface area contributed by atoms with Crippen LogP contribution in [0.15, 0.2) is 95.9 Å². The summed E-state index contributed by atoms with van der Waals surface area (Å²) in [4.78, 5) is 18.9. The number of carbonyl (C=O) groups excluding carboxylic acids is 1. The van der Waals surface area contributed by atoms with Gasteiger partial charge >= 0.3 is 0 Å². The molecular weight excluding hydrogens is 386 g/mol. The van der Waals surface area contributed by atoms with E-state index in [0.717, 1.165) is 10.9 Å². The number of fused-ring (bicyclic) bond motifs is 1. The van der Waals surface area contributed by atoms with Crippen LogP contribution in [0.5, 0.6) is 0 Å². The minimum absolute atomic E-state index is 0.0676. The van der Waals surface area contributed by atoms with Crippen molar-refractivity contribution in [1.29, 1.82) is 0 Å². The number of hydrazine groups is 1. The Morgan fingerprint density at radius 2 is 1.45 bits per heavy atom. The van der Waals surface area contributed by atoms with Gasteiger partial charge in [-0.1, -0.05) is 72.8 Å². The van der Waals surface area contributed by atoms with Crippen molar-refractivity contribution in [1.82, 2.24) is 15.2 Å². The molecule has 144 valence electrons. The lowest BCUT2D eigenvalue weighted by Crippen LogP contribution is -2.42. The Kier molecular flexibility index (Phi) is 5.07. The SMILES string of the molecule is O=C(NNS(=O)(=O)c1ccccc1-c1ccccc1)c1ccc2ccccc2n1. The van der Waals surface area contributed by atoms with E-state index < -0.39 is 15.9 Å². The predicted molar refractivity (Wildman–Crippen MR) is 111 cm³/mol. The summed E-state index contributed by atoms with van der Waals surface area (Å²) >= 11 is 0. The smallest absolute Gasteiger partial charge is 0.272 e. The van der Waals surface area contributed by atoms with Gasteiger partial charge in [-0.15, -0.1) is 4.83 Å². The molecule has 0 aliphatic heterocycles. The number of carbonyl (C=O) groups is 1. The fraction of sp³-hybridized carbons (Fsp3) is 0. The number of nitrogens with zero attached hydrogens (tertiary/aromatic N) is 1. The van der Waals surface area contributed by atoms with E-state index in [1.807, 2.05) is 48.5 Å². The number of pyridine rings is 1. The number of rotatable bonds is 5. The Hall–Kier alpha value is -3.55. The zero-order chi connectivity index (χ0) is 20.3. The minimum atomic E-state index is -3.99. The Bertz CT molecular complexity index is 1290. The molecule has 0 spiro atoms. The molecule has 4 aromatic rings. The summed E-state index contributed by atoms with van der Waals surface area (Å²) in [6, 6.07) is 26.4. The zero-order valence-corrected chi connectivity index (χ0v) is 16.1. The van der Waals surface area contributed by atoms with Crippen LogP contribution < -0.4 is 10.3 Å². The summed E-state index contributed by atoms with van der Waals surface area (Å²) < 4.78 is 25.7. The van der Waals surface area contributed by atoms with Crippen LogP contribution in [-0.2, 0) is 10.0 Å². The largest absolute Gasteiger partial charge is 0.284 e. The maximum atomic E-state index is 12.8. The lowest BCUT2D eigenvalue weighted by atomic mass is 10.1. The predicted octanol–water partition coefficient (Wildman–Crippen LogP) is 3.53. The monoisotopic (exact) mass is 403 g/mol. The number of hydrogen-bond donors (Lipinski definition) is 2. The Balaban J connectivity index is 1.57. The molecule has 1 aromatic heterocycles. The second-order valence-corrected chi connectivity index (χ2v) is 7.96. The van der Waals surface area contributed by atoms with Gasteiger partial charge in [0.15, 0.2) is 0 Å².